The highest BCUT2D eigenvalue weighted by Crippen LogP contribution is 2.15. The summed E-state index contributed by atoms with van der Waals surface area (Å²) in [5, 5.41) is 16.5. The van der Waals surface area contributed by atoms with Gasteiger partial charge in [0.1, 0.15) is 0 Å². The van der Waals surface area contributed by atoms with Crippen molar-refractivity contribution in [2.24, 2.45) is 0 Å². The number of thiophene rings is 1. The highest BCUT2D eigenvalue weighted by molar-refractivity contribution is 7.07. The van der Waals surface area contributed by atoms with Crippen LogP contribution < -0.4 is 5.32 Å². The molecule has 0 bridgehead atoms. The van der Waals surface area contributed by atoms with E-state index in [4.69, 9.17) is 0 Å². The van der Waals surface area contributed by atoms with Crippen molar-refractivity contribution in [1.82, 2.24) is 5.32 Å². The molecule has 4 heteroatoms. The molecular weight excluding hydrogens is 246 g/mol. The van der Waals surface area contributed by atoms with Crippen LogP contribution in [0.4, 0.5) is 0 Å². The Bertz CT molecular complexity index is 482. The summed E-state index contributed by atoms with van der Waals surface area (Å²) < 4.78 is 0. The molecule has 0 aliphatic rings. The zero-order chi connectivity index (χ0) is 12.8. The molecule has 0 aliphatic carbocycles. The fourth-order valence-electron chi connectivity index (χ4n) is 1.79. The predicted molar refractivity (Wildman–Crippen MR) is 72.8 cm³/mol. The average Bonchev–Trinajstić information content (AvgIpc) is 2.88. The minimum atomic E-state index is -0.793. The molecule has 0 aliphatic heterocycles. The maximum absolute atomic E-state index is 11.3. The molecule has 0 amide bonds. The first-order valence-corrected chi connectivity index (χ1v) is 6.71. The molecule has 94 valence electrons. The molecule has 1 unspecified atom stereocenters. The van der Waals surface area contributed by atoms with Gasteiger partial charge in [-0.1, -0.05) is 30.3 Å². The van der Waals surface area contributed by atoms with E-state index >= 15 is 0 Å². The third-order valence-electron chi connectivity index (χ3n) is 2.76. The number of carboxylic acid groups (broad SMARTS) is 1. The van der Waals surface area contributed by atoms with Gasteiger partial charge in [-0.2, -0.15) is 11.3 Å². The molecule has 1 aromatic carbocycles. The van der Waals surface area contributed by atoms with Crippen molar-refractivity contribution < 1.29 is 9.90 Å². The van der Waals surface area contributed by atoms with Crippen LogP contribution in [0.5, 0.6) is 0 Å². The molecular formula is C14H15NO2S. The van der Waals surface area contributed by atoms with Crippen LogP contribution in [0.3, 0.4) is 0 Å². The number of hydrogen-bond donors (Lipinski definition) is 2. The Kier molecular flexibility index (Phi) is 4.50. The Morgan fingerprint density at radius 3 is 2.67 bits per heavy atom. The summed E-state index contributed by atoms with van der Waals surface area (Å²) in [6.45, 7) is 1.15. The third-order valence-corrected chi connectivity index (χ3v) is 3.49. The molecule has 0 saturated heterocycles. The number of rotatable bonds is 6. The zero-order valence-electron chi connectivity index (χ0n) is 9.87. The van der Waals surface area contributed by atoms with E-state index in [0.717, 1.165) is 5.56 Å². The second kappa shape index (κ2) is 6.33. The van der Waals surface area contributed by atoms with Crippen LogP contribution in [0.25, 0.3) is 0 Å². The van der Waals surface area contributed by atoms with E-state index in [9.17, 15) is 9.90 Å². The van der Waals surface area contributed by atoms with Gasteiger partial charge >= 0.3 is 5.97 Å². The lowest BCUT2D eigenvalue weighted by Crippen LogP contribution is -2.26. The predicted octanol–water partition coefficient (Wildman–Crippen LogP) is 2.71. The number of benzene rings is 1. The largest absolute Gasteiger partial charge is 0.481 e. The van der Waals surface area contributed by atoms with E-state index in [0.29, 0.717) is 13.1 Å². The van der Waals surface area contributed by atoms with Gasteiger partial charge in [0.2, 0.25) is 0 Å². The topological polar surface area (TPSA) is 49.3 Å². The number of hydrogen-bond acceptors (Lipinski definition) is 3. The van der Waals surface area contributed by atoms with Crippen molar-refractivity contribution in [1.29, 1.82) is 0 Å². The van der Waals surface area contributed by atoms with Crippen LogP contribution in [0.1, 0.15) is 17.0 Å². The van der Waals surface area contributed by atoms with Crippen LogP contribution in [-0.4, -0.2) is 17.6 Å². The number of nitrogens with one attached hydrogen (secondary N) is 1. The van der Waals surface area contributed by atoms with Crippen LogP contribution in [0.2, 0.25) is 0 Å². The van der Waals surface area contributed by atoms with Crippen LogP contribution >= 0.6 is 11.3 Å². The van der Waals surface area contributed by atoms with Gasteiger partial charge in [0.05, 0.1) is 5.92 Å². The first kappa shape index (κ1) is 12.8. The van der Waals surface area contributed by atoms with Gasteiger partial charge in [-0.3, -0.25) is 4.79 Å². The monoisotopic (exact) mass is 261 g/mol. The van der Waals surface area contributed by atoms with Gasteiger partial charge in [0.25, 0.3) is 0 Å². The SMILES string of the molecule is O=C(O)C(CNCc1ccsc1)c1ccccc1. The van der Waals surface area contributed by atoms with Crippen molar-refractivity contribution in [3.63, 3.8) is 0 Å². The maximum Gasteiger partial charge on any atom is 0.312 e. The summed E-state index contributed by atoms with van der Waals surface area (Å²) in [4.78, 5) is 11.3. The van der Waals surface area contributed by atoms with Gasteiger partial charge in [-0.25, -0.2) is 0 Å². The van der Waals surface area contributed by atoms with Gasteiger partial charge in [-0.15, -0.1) is 0 Å². The van der Waals surface area contributed by atoms with Gasteiger partial charge in [-0.05, 0) is 28.0 Å². The molecule has 2 rings (SSSR count). The summed E-state index contributed by atoms with van der Waals surface area (Å²) in [5.74, 6) is -1.29. The lowest BCUT2D eigenvalue weighted by atomic mass is 9.99. The molecule has 18 heavy (non-hydrogen) atoms. The Hall–Kier alpha value is -1.65. The van der Waals surface area contributed by atoms with Crippen molar-refractivity contribution in [3.05, 3.63) is 58.3 Å². The van der Waals surface area contributed by atoms with Crippen LogP contribution in [-0.2, 0) is 11.3 Å². The Labute approximate surface area is 110 Å². The molecule has 0 radical (unpaired) electrons. The van der Waals surface area contributed by atoms with E-state index in [1.165, 1.54) is 5.56 Å². The number of aliphatic carboxylic acids is 1. The number of carboxylic acids is 1. The first-order valence-electron chi connectivity index (χ1n) is 5.77. The zero-order valence-corrected chi connectivity index (χ0v) is 10.7. The van der Waals surface area contributed by atoms with Crippen LogP contribution in [0.15, 0.2) is 47.2 Å². The molecule has 2 N–H and O–H groups in total. The van der Waals surface area contributed by atoms with E-state index in [2.05, 4.69) is 10.7 Å². The summed E-state index contributed by atoms with van der Waals surface area (Å²) in [6.07, 6.45) is 0. The van der Waals surface area contributed by atoms with E-state index < -0.39 is 11.9 Å². The molecule has 3 nitrogen and oxygen atoms in total. The van der Waals surface area contributed by atoms with E-state index in [1.54, 1.807) is 11.3 Å². The summed E-state index contributed by atoms with van der Waals surface area (Å²) >= 11 is 1.64. The maximum atomic E-state index is 11.3. The molecule has 0 saturated carbocycles. The Balaban J connectivity index is 1.93. The second-order valence-electron chi connectivity index (χ2n) is 4.06. The molecule has 1 aromatic heterocycles. The normalized spacial score (nSPS) is 12.2. The Morgan fingerprint density at radius 1 is 1.28 bits per heavy atom. The second-order valence-corrected chi connectivity index (χ2v) is 4.84. The van der Waals surface area contributed by atoms with Gasteiger partial charge in [0.15, 0.2) is 0 Å². The molecule has 1 atom stereocenters. The summed E-state index contributed by atoms with van der Waals surface area (Å²) in [5.41, 5.74) is 2.03. The molecule has 0 spiro atoms. The van der Waals surface area contributed by atoms with Crippen LogP contribution in [0, 0.1) is 0 Å². The van der Waals surface area contributed by atoms with Crippen molar-refractivity contribution in [2.75, 3.05) is 6.54 Å². The van der Waals surface area contributed by atoms with Gasteiger partial charge < -0.3 is 10.4 Å². The van der Waals surface area contributed by atoms with E-state index in [-0.39, 0.29) is 0 Å². The fraction of sp³-hybridized carbons (Fsp3) is 0.214. The highest BCUT2D eigenvalue weighted by Gasteiger charge is 2.18. The van der Waals surface area contributed by atoms with Crippen molar-refractivity contribution in [3.8, 4) is 0 Å². The first-order chi connectivity index (χ1) is 8.77. The molecule has 0 fully saturated rings. The summed E-state index contributed by atoms with van der Waals surface area (Å²) in [6, 6.07) is 11.4. The highest BCUT2D eigenvalue weighted by atomic mass is 32.1. The smallest absolute Gasteiger partial charge is 0.312 e. The van der Waals surface area contributed by atoms with E-state index in [1.807, 2.05) is 41.8 Å². The standard InChI is InChI=1S/C14H15NO2S/c16-14(17)13(12-4-2-1-3-5-12)9-15-8-11-6-7-18-10-11/h1-7,10,13,15H,8-9H2,(H,16,17). The fourth-order valence-corrected chi connectivity index (χ4v) is 2.46. The van der Waals surface area contributed by atoms with Gasteiger partial charge in [0, 0.05) is 13.1 Å². The molecule has 1 heterocycles. The number of carbonyl (C=O) groups is 1. The third kappa shape index (κ3) is 3.42. The van der Waals surface area contributed by atoms with Crippen molar-refractivity contribution in [2.45, 2.75) is 12.5 Å². The summed E-state index contributed by atoms with van der Waals surface area (Å²) in [7, 11) is 0. The lowest BCUT2D eigenvalue weighted by Gasteiger charge is -2.13. The minimum Gasteiger partial charge on any atom is -0.481 e. The average molecular weight is 261 g/mol. The quantitative estimate of drug-likeness (QED) is 0.840. The van der Waals surface area contributed by atoms with Crippen molar-refractivity contribution >= 4 is 17.3 Å². The molecule has 2 aromatic rings. The lowest BCUT2D eigenvalue weighted by molar-refractivity contribution is -0.138. The Morgan fingerprint density at radius 2 is 2.06 bits per heavy atom. The minimum absolute atomic E-state index is 0.440.